The third-order valence-electron chi connectivity index (χ3n) is 2.87. The fourth-order valence-electron chi connectivity index (χ4n) is 1.87. The van der Waals surface area contributed by atoms with Crippen molar-refractivity contribution in [3.8, 4) is 5.75 Å². The number of nitrogens with zero attached hydrogens (tertiary/aromatic N) is 2. The topological polar surface area (TPSA) is 46.8 Å². The highest BCUT2D eigenvalue weighted by atomic mass is 32.1. The van der Waals surface area contributed by atoms with Crippen molar-refractivity contribution in [2.24, 2.45) is 0 Å². The zero-order valence-electron chi connectivity index (χ0n) is 10.5. The summed E-state index contributed by atoms with van der Waals surface area (Å²) in [5.41, 5.74) is 1.75. The molecule has 4 nitrogen and oxygen atoms in total. The van der Waals surface area contributed by atoms with Gasteiger partial charge >= 0.3 is 0 Å². The molecule has 3 aromatic rings. The highest BCUT2D eigenvalue weighted by Gasteiger charge is 2.05. The first-order chi connectivity index (χ1) is 9.22. The first-order valence-corrected chi connectivity index (χ1v) is 6.92. The Morgan fingerprint density at radius 2 is 2.37 bits per heavy atom. The van der Waals surface area contributed by atoms with Crippen molar-refractivity contribution in [1.82, 2.24) is 9.38 Å². The van der Waals surface area contributed by atoms with Crippen molar-refractivity contribution >= 4 is 16.3 Å². The van der Waals surface area contributed by atoms with Crippen LogP contribution in [0.25, 0.3) is 4.96 Å². The third kappa shape index (κ3) is 2.62. The number of aliphatic hydroxyl groups is 1. The Labute approximate surface area is 114 Å². The van der Waals surface area contributed by atoms with E-state index in [2.05, 4.69) is 4.98 Å². The number of fused-ring (bicyclic) bond motifs is 1. The van der Waals surface area contributed by atoms with E-state index in [4.69, 9.17) is 4.74 Å². The molecule has 3 rings (SSSR count). The summed E-state index contributed by atoms with van der Waals surface area (Å²) in [7, 11) is 0. The van der Waals surface area contributed by atoms with E-state index in [1.54, 1.807) is 18.3 Å². The van der Waals surface area contributed by atoms with Crippen molar-refractivity contribution in [2.75, 3.05) is 0 Å². The number of hydrogen-bond acceptors (Lipinski definition) is 4. The van der Waals surface area contributed by atoms with Gasteiger partial charge < -0.3 is 9.84 Å². The molecule has 2 aromatic heterocycles. The second-order valence-electron chi connectivity index (χ2n) is 4.36. The molecular formula is C14H14N2O2S. The predicted molar refractivity (Wildman–Crippen MR) is 74.5 cm³/mol. The summed E-state index contributed by atoms with van der Waals surface area (Å²) in [6.07, 6.45) is 3.45. The number of thiazole rings is 1. The Morgan fingerprint density at radius 1 is 1.47 bits per heavy atom. The predicted octanol–water partition coefficient (Wildman–Crippen LogP) is 3.03. The van der Waals surface area contributed by atoms with E-state index in [1.807, 2.05) is 46.4 Å². The first kappa shape index (κ1) is 12.2. The van der Waals surface area contributed by atoms with E-state index < -0.39 is 6.10 Å². The molecule has 1 aromatic carbocycles. The average Bonchev–Trinajstić information content (AvgIpc) is 2.97. The number of rotatable bonds is 4. The minimum atomic E-state index is -0.485. The van der Waals surface area contributed by atoms with Crippen LogP contribution in [0.1, 0.15) is 24.3 Å². The van der Waals surface area contributed by atoms with Gasteiger partial charge in [-0.25, -0.2) is 4.98 Å². The molecule has 19 heavy (non-hydrogen) atoms. The highest BCUT2D eigenvalue weighted by Crippen LogP contribution is 2.20. The maximum Gasteiger partial charge on any atom is 0.193 e. The summed E-state index contributed by atoms with van der Waals surface area (Å²) in [5, 5.41) is 11.5. The van der Waals surface area contributed by atoms with Gasteiger partial charge in [0, 0.05) is 17.8 Å². The Morgan fingerprint density at radius 3 is 3.16 bits per heavy atom. The van der Waals surface area contributed by atoms with Crippen molar-refractivity contribution in [2.45, 2.75) is 19.6 Å². The molecule has 0 fully saturated rings. The van der Waals surface area contributed by atoms with Gasteiger partial charge in [-0.2, -0.15) is 0 Å². The van der Waals surface area contributed by atoms with Gasteiger partial charge in [0.15, 0.2) is 4.96 Å². The molecule has 0 spiro atoms. The number of benzene rings is 1. The van der Waals surface area contributed by atoms with Gasteiger partial charge in [0.1, 0.15) is 12.4 Å². The lowest BCUT2D eigenvalue weighted by Crippen LogP contribution is -1.97. The molecule has 0 radical (unpaired) electrons. The van der Waals surface area contributed by atoms with Gasteiger partial charge in [0.25, 0.3) is 0 Å². The molecule has 98 valence electrons. The van der Waals surface area contributed by atoms with Crippen LogP contribution in [0.2, 0.25) is 0 Å². The van der Waals surface area contributed by atoms with E-state index in [0.717, 1.165) is 22.0 Å². The second-order valence-corrected chi connectivity index (χ2v) is 5.24. The Bertz CT molecular complexity index is 659. The smallest absolute Gasteiger partial charge is 0.193 e. The van der Waals surface area contributed by atoms with E-state index in [9.17, 15) is 5.11 Å². The standard InChI is InChI=1S/C14H14N2O2S/c1-10(17)11-3-2-4-13(7-11)18-9-12-8-16-5-6-19-14(16)15-12/h2-8,10,17H,9H2,1H3/t10-/m0/s1. The van der Waals surface area contributed by atoms with Gasteiger partial charge in [0.05, 0.1) is 11.8 Å². The molecule has 5 heteroatoms. The lowest BCUT2D eigenvalue weighted by atomic mass is 10.1. The van der Waals surface area contributed by atoms with Crippen LogP contribution in [0.5, 0.6) is 5.75 Å². The second kappa shape index (κ2) is 5.03. The average molecular weight is 274 g/mol. The fraction of sp³-hybridized carbons (Fsp3) is 0.214. The van der Waals surface area contributed by atoms with Crippen LogP contribution in [-0.4, -0.2) is 14.5 Å². The quantitative estimate of drug-likeness (QED) is 0.795. The lowest BCUT2D eigenvalue weighted by molar-refractivity contribution is 0.198. The van der Waals surface area contributed by atoms with Gasteiger partial charge in [-0.1, -0.05) is 12.1 Å². The van der Waals surface area contributed by atoms with Crippen LogP contribution in [0.3, 0.4) is 0 Å². The molecule has 0 unspecified atom stereocenters. The molecule has 0 aliphatic carbocycles. The molecule has 1 N–H and O–H groups in total. The molecule has 0 bridgehead atoms. The van der Waals surface area contributed by atoms with Crippen LogP contribution < -0.4 is 4.74 Å². The normalized spacial score (nSPS) is 12.7. The molecule has 2 heterocycles. The van der Waals surface area contributed by atoms with Crippen molar-refractivity contribution in [1.29, 1.82) is 0 Å². The number of hydrogen-bond donors (Lipinski definition) is 1. The summed E-state index contributed by atoms with van der Waals surface area (Å²) >= 11 is 1.60. The minimum absolute atomic E-state index is 0.428. The van der Waals surface area contributed by atoms with Crippen LogP contribution in [0.4, 0.5) is 0 Å². The van der Waals surface area contributed by atoms with Crippen LogP contribution in [0.15, 0.2) is 42.0 Å². The number of imidazole rings is 1. The van der Waals surface area contributed by atoms with Crippen molar-refractivity contribution in [3.63, 3.8) is 0 Å². The Hall–Kier alpha value is -1.85. The van der Waals surface area contributed by atoms with E-state index >= 15 is 0 Å². The van der Waals surface area contributed by atoms with E-state index in [-0.39, 0.29) is 0 Å². The summed E-state index contributed by atoms with van der Waals surface area (Å²) in [4.78, 5) is 5.42. The maximum absolute atomic E-state index is 9.53. The lowest BCUT2D eigenvalue weighted by Gasteiger charge is -2.08. The van der Waals surface area contributed by atoms with E-state index in [0.29, 0.717) is 6.61 Å². The van der Waals surface area contributed by atoms with E-state index in [1.165, 1.54) is 0 Å². The van der Waals surface area contributed by atoms with Gasteiger partial charge in [-0.15, -0.1) is 11.3 Å². The largest absolute Gasteiger partial charge is 0.487 e. The van der Waals surface area contributed by atoms with Gasteiger partial charge in [0.2, 0.25) is 0 Å². The SMILES string of the molecule is C[C@H](O)c1cccc(OCc2cn3ccsc3n2)c1. The molecule has 0 saturated carbocycles. The van der Waals surface area contributed by atoms with Gasteiger partial charge in [-0.3, -0.25) is 4.40 Å². The fourth-order valence-corrected chi connectivity index (χ4v) is 2.59. The molecule has 0 saturated heterocycles. The van der Waals surface area contributed by atoms with Crippen molar-refractivity contribution < 1.29 is 9.84 Å². The maximum atomic E-state index is 9.53. The van der Waals surface area contributed by atoms with Crippen LogP contribution in [0, 0.1) is 0 Å². The van der Waals surface area contributed by atoms with Crippen LogP contribution >= 0.6 is 11.3 Å². The molecule has 1 atom stereocenters. The van der Waals surface area contributed by atoms with Crippen molar-refractivity contribution in [3.05, 3.63) is 53.3 Å². The zero-order valence-corrected chi connectivity index (χ0v) is 11.3. The van der Waals surface area contributed by atoms with Crippen LogP contribution in [-0.2, 0) is 6.61 Å². The number of ether oxygens (including phenoxy) is 1. The molecule has 0 aliphatic heterocycles. The molecule has 0 aliphatic rings. The summed E-state index contributed by atoms with van der Waals surface area (Å²) < 4.78 is 7.68. The van der Waals surface area contributed by atoms with Gasteiger partial charge in [-0.05, 0) is 24.6 Å². The Balaban J connectivity index is 1.71. The highest BCUT2D eigenvalue weighted by molar-refractivity contribution is 7.15. The molecule has 0 amide bonds. The summed E-state index contributed by atoms with van der Waals surface area (Å²) in [6, 6.07) is 7.49. The summed E-state index contributed by atoms with van der Waals surface area (Å²) in [5.74, 6) is 0.745. The first-order valence-electron chi connectivity index (χ1n) is 6.04. The zero-order chi connectivity index (χ0) is 13.2. The molecular weight excluding hydrogens is 260 g/mol. The number of aliphatic hydroxyl groups excluding tert-OH is 1. The monoisotopic (exact) mass is 274 g/mol. The Kier molecular flexibility index (Phi) is 3.23. The summed E-state index contributed by atoms with van der Waals surface area (Å²) in [6.45, 7) is 2.17. The number of aromatic nitrogens is 2. The third-order valence-corrected chi connectivity index (χ3v) is 3.64. The minimum Gasteiger partial charge on any atom is -0.487 e.